The Bertz CT molecular complexity index is 604. The summed E-state index contributed by atoms with van der Waals surface area (Å²) in [6, 6.07) is 7.56. The number of ether oxygens (including phenoxy) is 1. The second kappa shape index (κ2) is 5.19. The fourth-order valence-corrected chi connectivity index (χ4v) is 1.78. The zero-order valence-corrected chi connectivity index (χ0v) is 11.4. The molecule has 1 heterocycles. The molecule has 1 aromatic heterocycles. The molecule has 1 aromatic carbocycles. The first-order chi connectivity index (χ1) is 8.86. The Morgan fingerprint density at radius 2 is 1.84 bits per heavy atom. The van der Waals surface area contributed by atoms with Gasteiger partial charge < -0.3 is 10.5 Å². The van der Waals surface area contributed by atoms with Gasteiger partial charge in [0, 0.05) is 6.07 Å². The molecule has 0 aliphatic heterocycles. The van der Waals surface area contributed by atoms with E-state index < -0.39 is 17.8 Å². The van der Waals surface area contributed by atoms with E-state index in [1.807, 2.05) is 22.6 Å². The normalized spacial score (nSPS) is 11.4. The van der Waals surface area contributed by atoms with Gasteiger partial charge in [0.2, 0.25) is 11.8 Å². The molecule has 19 heavy (non-hydrogen) atoms. The first kappa shape index (κ1) is 13.8. The molecule has 0 aliphatic carbocycles. The number of rotatable bonds is 2. The zero-order valence-electron chi connectivity index (χ0n) is 9.28. The fourth-order valence-electron chi connectivity index (χ4n) is 1.28. The number of nitrogen functional groups attached to an aromatic ring is 1. The highest BCUT2D eigenvalue weighted by Gasteiger charge is 2.33. The van der Waals surface area contributed by atoms with Crippen molar-refractivity contribution in [2.75, 3.05) is 5.73 Å². The van der Waals surface area contributed by atoms with E-state index in [0.29, 0.717) is 11.8 Å². The van der Waals surface area contributed by atoms with Gasteiger partial charge >= 0.3 is 6.18 Å². The number of benzene rings is 1. The Balaban J connectivity index is 2.36. The van der Waals surface area contributed by atoms with Gasteiger partial charge in [-0.05, 0) is 34.7 Å². The molecular formula is C11H7F3IN3O. The van der Waals surface area contributed by atoms with Crippen LogP contribution in [-0.2, 0) is 6.18 Å². The number of hydrogen-bond donors (Lipinski definition) is 1. The zero-order chi connectivity index (χ0) is 14.0. The standard InChI is InChI=1S/C11H7F3IN3O/c12-11(13,14)8-5-9(18-10(16)17-8)19-7-4-2-1-3-6(7)15/h1-5H,(H2,16,17,18). The van der Waals surface area contributed by atoms with Crippen molar-refractivity contribution in [2.45, 2.75) is 6.18 Å². The molecule has 100 valence electrons. The first-order valence-electron chi connectivity index (χ1n) is 5.00. The summed E-state index contributed by atoms with van der Waals surface area (Å²) in [5.41, 5.74) is 4.11. The summed E-state index contributed by atoms with van der Waals surface area (Å²) in [5, 5.41) is 0. The molecule has 0 unspecified atom stereocenters. The molecule has 4 nitrogen and oxygen atoms in total. The van der Waals surface area contributed by atoms with Crippen LogP contribution in [0.25, 0.3) is 0 Å². The number of alkyl halides is 3. The maximum Gasteiger partial charge on any atom is 0.433 e. The highest BCUT2D eigenvalue weighted by molar-refractivity contribution is 14.1. The number of aromatic nitrogens is 2. The van der Waals surface area contributed by atoms with Crippen LogP contribution in [0.5, 0.6) is 11.6 Å². The Morgan fingerprint density at radius 3 is 2.47 bits per heavy atom. The Kier molecular flexibility index (Phi) is 3.78. The van der Waals surface area contributed by atoms with E-state index in [4.69, 9.17) is 10.5 Å². The van der Waals surface area contributed by atoms with Gasteiger partial charge in [-0.25, -0.2) is 4.98 Å². The largest absolute Gasteiger partial charge is 0.438 e. The van der Waals surface area contributed by atoms with Crippen LogP contribution < -0.4 is 10.5 Å². The number of para-hydroxylation sites is 1. The average Bonchev–Trinajstić information content (AvgIpc) is 2.30. The monoisotopic (exact) mass is 381 g/mol. The van der Waals surface area contributed by atoms with Crippen molar-refractivity contribution >= 4 is 28.5 Å². The molecule has 0 saturated heterocycles. The predicted octanol–water partition coefficient (Wildman–Crippen LogP) is 3.47. The Hall–Kier alpha value is -1.58. The summed E-state index contributed by atoms with van der Waals surface area (Å²) in [6.45, 7) is 0. The van der Waals surface area contributed by atoms with Crippen molar-refractivity contribution in [2.24, 2.45) is 0 Å². The molecular weight excluding hydrogens is 374 g/mol. The van der Waals surface area contributed by atoms with Gasteiger partial charge in [0.25, 0.3) is 0 Å². The molecule has 0 radical (unpaired) electrons. The number of anilines is 1. The molecule has 0 atom stereocenters. The van der Waals surface area contributed by atoms with Crippen molar-refractivity contribution in [3.8, 4) is 11.6 Å². The SMILES string of the molecule is Nc1nc(Oc2ccccc2I)cc(C(F)(F)F)n1. The lowest BCUT2D eigenvalue weighted by Gasteiger charge is -2.10. The summed E-state index contributed by atoms with van der Waals surface area (Å²) < 4.78 is 43.7. The van der Waals surface area contributed by atoms with E-state index in [0.717, 1.165) is 3.57 Å². The maximum absolute atomic E-state index is 12.6. The third-order valence-corrected chi connectivity index (χ3v) is 2.95. The van der Waals surface area contributed by atoms with Crippen molar-refractivity contribution in [1.82, 2.24) is 9.97 Å². The van der Waals surface area contributed by atoms with Crippen LogP contribution in [0.15, 0.2) is 30.3 Å². The van der Waals surface area contributed by atoms with E-state index in [1.54, 1.807) is 24.3 Å². The average molecular weight is 381 g/mol. The quantitative estimate of drug-likeness (QED) is 0.810. The molecule has 2 rings (SSSR count). The third-order valence-electron chi connectivity index (χ3n) is 2.06. The summed E-state index contributed by atoms with van der Waals surface area (Å²) in [4.78, 5) is 6.75. The summed E-state index contributed by atoms with van der Waals surface area (Å²) in [7, 11) is 0. The second-order valence-electron chi connectivity index (χ2n) is 3.48. The number of halogens is 4. The van der Waals surface area contributed by atoms with Gasteiger partial charge in [-0.15, -0.1) is 0 Å². The minimum absolute atomic E-state index is 0.246. The van der Waals surface area contributed by atoms with Crippen molar-refractivity contribution in [1.29, 1.82) is 0 Å². The molecule has 0 amide bonds. The molecule has 0 bridgehead atoms. The van der Waals surface area contributed by atoms with Gasteiger partial charge in [-0.2, -0.15) is 18.2 Å². The van der Waals surface area contributed by atoms with Gasteiger partial charge in [0.05, 0.1) is 3.57 Å². The minimum Gasteiger partial charge on any atom is -0.438 e. The Labute approximate surface area is 120 Å². The van der Waals surface area contributed by atoms with Crippen LogP contribution in [0.1, 0.15) is 5.69 Å². The van der Waals surface area contributed by atoms with E-state index >= 15 is 0 Å². The van der Waals surface area contributed by atoms with Crippen molar-refractivity contribution < 1.29 is 17.9 Å². The molecule has 0 fully saturated rings. The molecule has 0 aliphatic rings. The summed E-state index contributed by atoms with van der Waals surface area (Å²) in [6.07, 6.45) is -4.60. The number of nitrogens with two attached hydrogens (primary N) is 1. The van der Waals surface area contributed by atoms with Crippen molar-refractivity contribution in [3.05, 3.63) is 39.6 Å². The van der Waals surface area contributed by atoms with Gasteiger partial charge in [-0.3, -0.25) is 0 Å². The first-order valence-corrected chi connectivity index (χ1v) is 6.08. The minimum atomic E-state index is -4.60. The maximum atomic E-state index is 12.6. The van der Waals surface area contributed by atoms with Crippen LogP contribution in [0, 0.1) is 3.57 Å². The highest BCUT2D eigenvalue weighted by atomic mass is 127. The van der Waals surface area contributed by atoms with Crippen LogP contribution in [-0.4, -0.2) is 9.97 Å². The van der Waals surface area contributed by atoms with Crippen LogP contribution in [0.4, 0.5) is 19.1 Å². The summed E-state index contributed by atoms with van der Waals surface area (Å²) >= 11 is 2.00. The van der Waals surface area contributed by atoms with Gasteiger partial charge in [-0.1, -0.05) is 12.1 Å². The van der Waals surface area contributed by atoms with E-state index in [2.05, 4.69) is 9.97 Å². The van der Waals surface area contributed by atoms with Gasteiger partial charge in [0.1, 0.15) is 5.75 Å². The molecule has 2 aromatic rings. The lowest BCUT2D eigenvalue weighted by atomic mass is 10.3. The van der Waals surface area contributed by atoms with Crippen molar-refractivity contribution in [3.63, 3.8) is 0 Å². The molecule has 0 spiro atoms. The number of hydrogen-bond acceptors (Lipinski definition) is 4. The van der Waals surface area contributed by atoms with E-state index in [1.165, 1.54) is 0 Å². The lowest BCUT2D eigenvalue weighted by molar-refractivity contribution is -0.141. The molecule has 8 heteroatoms. The van der Waals surface area contributed by atoms with E-state index in [-0.39, 0.29) is 5.88 Å². The van der Waals surface area contributed by atoms with E-state index in [9.17, 15) is 13.2 Å². The van der Waals surface area contributed by atoms with Crippen LogP contribution >= 0.6 is 22.6 Å². The number of nitrogens with zero attached hydrogens (tertiary/aromatic N) is 2. The summed E-state index contributed by atoms with van der Waals surface area (Å²) in [5.74, 6) is -0.339. The molecule has 0 saturated carbocycles. The lowest BCUT2D eigenvalue weighted by Crippen LogP contribution is -2.11. The van der Waals surface area contributed by atoms with Gasteiger partial charge in [0.15, 0.2) is 5.69 Å². The second-order valence-corrected chi connectivity index (χ2v) is 4.64. The third kappa shape index (κ3) is 3.46. The molecule has 2 N–H and O–H groups in total. The van der Waals surface area contributed by atoms with Crippen LogP contribution in [0.2, 0.25) is 0 Å². The highest BCUT2D eigenvalue weighted by Crippen LogP contribution is 2.32. The fraction of sp³-hybridized carbons (Fsp3) is 0.0909. The van der Waals surface area contributed by atoms with Crippen LogP contribution in [0.3, 0.4) is 0 Å². The topological polar surface area (TPSA) is 61.0 Å². The predicted molar refractivity (Wildman–Crippen MR) is 70.7 cm³/mol. The Morgan fingerprint density at radius 1 is 1.16 bits per heavy atom. The smallest absolute Gasteiger partial charge is 0.433 e.